The Bertz CT molecular complexity index is 1580. The average Bonchev–Trinajstić information content (AvgIpc) is 3.48. The number of benzene rings is 3. The summed E-state index contributed by atoms with van der Waals surface area (Å²) in [5.74, 6) is -0.674. The van der Waals surface area contributed by atoms with Gasteiger partial charge in [0, 0.05) is 37.5 Å². The molecule has 1 aliphatic rings. The molecule has 0 aromatic heterocycles. The van der Waals surface area contributed by atoms with Crippen molar-refractivity contribution in [3.63, 3.8) is 0 Å². The molecule has 232 valence electrons. The van der Waals surface area contributed by atoms with Crippen LogP contribution in [0, 0.1) is 5.92 Å². The second-order valence-corrected chi connectivity index (χ2v) is 14.1. The van der Waals surface area contributed by atoms with Crippen molar-refractivity contribution in [3.8, 4) is 0 Å². The van der Waals surface area contributed by atoms with Gasteiger partial charge in [0.15, 0.2) is 0 Å². The van der Waals surface area contributed by atoms with Crippen LogP contribution >= 0.6 is 0 Å². The van der Waals surface area contributed by atoms with Gasteiger partial charge in [0.2, 0.25) is 20.0 Å². The molecule has 0 radical (unpaired) electrons. The fraction of sp³-hybridized carbons (Fsp3) is 0.333. The monoisotopic (exact) mass is 637 g/mol. The minimum Gasteiger partial charge on any atom is -0.378 e. The molecule has 2 unspecified atom stereocenters. The fourth-order valence-electron chi connectivity index (χ4n) is 4.97. The van der Waals surface area contributed by atoms with Gasteiger partial charge in [-0.05, 0) is 59.7 Å². The molecule has 1 fully saturated rings. The van der Waals surface area contributed by atoms with Gasteiger partial charge >= 0.3 is 6.18 Å². The molecule has 1 aliphatic heterocycles. The standard InChI is InChI=1S/C30H34F3N3O5S2/c1-2-42(38,39)35-20-24-16-17-36(21-24)43(40,41)27-14-10-25(11-15-27)28(18-22-6-4-3-5-7-22)29(37)34-19-23-8-12-26(13-9-23)30(31,32)33/h2-15,24,28-29,34-35,37H,1,16-21H2/t24-,28?,29?/m1/s1. The lowest BCUT2D eigenvalue weighted by Crippen LogP contribution is -2.35. The van der Waals surface area contributed by atoms with Crippen LogP contribution in [0.1, 0.15) is 34.6 Å². The van der Waals surface area contributed by atoms with E-state index in [4.69, 9.17) is 0 Å². The van der Waals surface area contributed by atoms with Gasteiger partial charge in [-0.1, -0.05) is 61.2 Å². The van der Waals surface area contributed by atoms with Crippen molar-refractivity contribution in [2.24, 2.45) is 5.92 Å². The van der Waals surface area contributed by atoms with Crippen LogP contribution in [0.4, 0.5) is 13.2 Å². The number of hydrogen-bond donors (Lipinski definition) is 3. The number of hydrogen-bond acceptors (Lipinski definition) is 6. The number of nitrogens with zero attached hydrogens (tertiary/aromatic N) is 1. The van der Waals surface area contributed by atoms with Crippen molar-refractivity contribution in [2.75, 3.05) is 19.6 Å². The number of halogens is 3. The molecule has 0 bridgehead atoms. The third-order valence-electron chi connectivity index (χ3n) is 7.46. The molecule has 8 nitrogen and oxygen atoms in total. The highest BCUT2D eigenvalue weighted by atomic mass is 32.2. The molecular weight excluding hydrogens is 603 g/mol. The van der Waals surface area contributed by atoms with Crippen LogP contribution in [0.15, 0.2) is 95.7 Å². The van der Waals surface area contributed by atoms with Crippen LogP contribution in [0.2, 0.25) is 0 Å². The van der Waals surface area contributed by atoms with E-state index in [2.05, 4.69) is 16.6 Å². The summed E-state index contributed by atoms with van der Waals surface area (Å²) in [7, 11) is -7.44. The molecule has 3 aromatic carbocycles. The molecular formula is C30H34F3N3O5S2. The molecule has 13 heteroatoms. The molecule has 1 heterocycles. The SMILES string of the molecule is C=CS(=O)(=O)NC[C@H]1CCN(S(=O)(=O)c2ccc(C(Cc3ccccc3)C(O)NCc3ccc(C(F)(F)F)cc3)cc2)C1. The van der Waals surface area contributed by atoms with Crippen molar-refractivity contribution in [1.29, 1.82) is 0 Å². The van der Waals surface area contributed by atoms with Gasteiger partial charge in [-0.25, -0.2) is 21.6 Å². The zero-order valence-corrected chi connectivity index (χ0v) is 24.9. The lowest BCUT2D eigenvalue weighted by Gasteiger charge is -2.25. The maximum Gasteiger partial charge on any atom is 0.416 e. The van der Waals surface area contributed by atoms with E-state index in [0.717, 1.165) is 23.1 Å². The predicted octanol–water partition coefficient (Wildman–Crippen LogP) is 4.21. The predicted molar refractivity (Wildman–Crippen MR) is 158 cm³/mol. The molecule has 43 heavy (non-hydrogen) atoms. The van der Waals surface area contributed by atoms with Crippen molar-refractivity contribution in [1.82, 2.24) is 14.3 Å². The molecule has 1 saturated heterocycles. The summed E-state index contributed by atoms with van der Waals surface area (Å²) in [6, 6.07) is 20.4. The first-order valence-corrected chi connectivity index (χ1v) is 16.6. The van der Waals surface area contributed by atoms with E-state index in [1.165, 1.54) is 28.6 Å². The number of sulfonamides is 2. The van der Waals surface area contributed by atoms with Crippen molar-refractivity contribution in [2.45, 2.75) is 42.6 Å². The van der Waals surface area contributed by atoms with Gasteiger partial charge in [0.05, 0.1) is 10.5 Å². The Hall–Kier alpha value is -3.07. The summed E-state index contributed by atoms with van der Waals surface area (Å²) in [5, 5.41) is 15.0. The zero-order valence-electron chi connectivity index (χ0n) is 23.2. The second-order valence-electron chi connectivity index (χ2n) is 10.5. The summed E-state index contributed by atoms with van der Waals surface area (Å²) >= 11 is 0. The highest BCUT2D eigenvalue weighted by Crippen LogP contribution is 2.30. The van der Waals surface area contributed by atoms with E-state index in [1.807, 2.05) is 30.3 Å². The van der Waals surface area contributed by atoms with Crippen LogP contribution in [0.3, 0.4) is 0 Å². The average molecular weight is 638 g/mol. The second kappa shape index (κ2) is 13.7. The fourth-order valence-corrected chi connectivity index (χ4v) is 7.08. The maximum atomic E-state index is 13.3. The van der Waals surface area contributed by atoms with Gasteiger partial charge < -0.3 is 5.11 Å². The lowest BCUT2D eigenvalue weighted by molar-refractivity contribution is -0.137. The third kappa shape index (κ3) is 8.74. The zero-order chi connectivity index (χ0) is 31.3. The Morgan fingerprint density at radius 1 is 0.953 bits per heavy atom. The van der Waals surface area contributed by atoms with Crippen LogP contribution < -0.4 is 10.0 Å². The minimum atomic E-state index is -4.44. The Morgan fingerprint density at radius 3 is 2.21 bits per heavy atom. The normalized spacial score (nSPS) is 17.9. The quantitative estimate of drug-likeness (QED) is 0.242. The van der Waals surface area contributed by atoms with Crippen molar-refractivity contribution < 1.29 is 35.1 Å². The molecule has 3 N–H and O–H groups in total. The van der Waals surface area contributed by atoms with E-state index < -0.39 is 43.9 Å². The van der Waals surface area contributed by atoms with Gasteiger partial charge in [-0.2, -0.15) is 17.5 Å². The first kappa shape index (κ1) is 32.8. The number of nitrogens with one attached hydrogen (secondary N) is 2. The minimum absolute atomic E-state index is 0.0780. The van der Waals surface area contributed by atoms with Gasteiger partial charge in [0.1, 0.15) is 6.23 Å². The van der Waals surface area contributed by atoms with Crippen molar-refractivity contribution >= 4 is 20.0 Å². The number of rotatable bonds is 13. The maximum absolute atomic E-state index is 13.3. The molecule has 0 spiro atoms. The van der Waals surface area contributed by atoms with Crippen LogP contribution in [-0.4, -0.2) is 52.1 Å². The number of aliphatic hydroxyl groups excluding tert-OH is 1. The Balaban J connectivity index is 1.47. The number of alkyl halides is 3. The highest BCUT2D eigenvalue weighted by Gasteiger charge is 2.33. The van der Waals surface area contributed by atoms with Crippen molar-refractivity contribution in [3.05, 3.63) is 113 Å². The molecule has 0 amide bonds. The van der Waals surface area contributed by atoms with Gasteiger partial charge in [-0.3, -0.25) is 5.32 Å². The molecule has 0 saturated carbocycles. The first-order chi connectivity index (χ1) is 20.3. The largest absolute Gasteiger partial charge is 0.416 e. The van der Waals surface area contributed by atoms with E-state index in [9.17, 15) is 35.1 Å². The lowest BCUT2D eigenvalue weighted by atomic mass is 9.90. The molecule has 3 aromatic rings. The summed E-state index contributed by atoms with van der Waals surface area (Å²) in [6.45, 7) is 3.91. The van der Waals surface area contributed by atoms with Crippen LogP contribution in [0.5, 0.6) is 0 Å². The van der Waals surface area contributed by atoms with E-state index in [0.29, 0.717) is 24.0 Å². The van der Waals surface area contributed by atoms with E-state index in [1.54, 1.807) is 12.1 Å². The van der Waals surface area contributed by atoms with E-state index >= 15 is 0 Å². The summed E-state index contributed by atoms with van der Waals surface area (Å²) in [4.78, 5) is 0.0780. The summed E-state index contributed by atoms with van der Waals surface area (Å²) in [5.41, 5.74) is 1.42. The summed E-state index contributed by atoms with van der Waals surface area (Å²) in [6.07, 6.45) is -4.60. The number of aliphatic hydroxyl groups is 1. The molecule has 0 aliphatic carbocycles. The van der Waals surface area contributed by atoms with Gasteiger partial charge in [-0.15, -0.1) is 0 Å². The first-order valence-electron chi connectivity index (χ1n) is 13.6. The summed E-state index contributed by atoms with van der Waals surface area (Å²) < 4.78 is 92.4. The third-order valence-corrected chi connectivity index (χ3v) is 10.4. The smallest absolute Gasteiger partial charge is 0.378 e. The van der Waals surface area contributed by atoms with E-state index in [-0.39, 0.29) is 37.0 Å². The van der Waals surface area contributed by atoms with Gasteiger partial charge in [0.25, 0.3) is 0 Å². The Labute approximate surface area is 250 Å². The molecule has 4 rings (SSSR count). The van der Waals surface area contributed by atoms with Crippen LogP contribution in [0.25, 0.3) is 0 Å². The Kier molecular flexibility index (Phi) is 10.5. The topological polar surface area (TPSA) is 116 Å². The Morgan fingerprint density at radius 2 is 1.60 bits per heavy atom. The molecule has 3 atom stereocenters. The van der Waals surface area contributed by atoms with Crippen LogP contribution in [-0.2, 0) is 39.2 Å². The highest BCUT2D eigenvalue weighted by molar-refractivity contribution is 7.92.